The Morgan fingerprint density at radius 2 is 1.27 bits per heavy atom. The molecule has 0 aliphatic rings. The van der Waals surface area contributed by atoms with Crippen molar-refractivity contribution in [2.75, 3.05) is 20.3 Å². The lowest BCUT2D eigenvalue weighted by Gasteiger charge is -2.12. The number of benzene rings is 3. The Kier molecular flexibility index (Phi) is 14.5. The molecular formula is C36H42O8. The van der Waals surface area contributed by atoms with E-state index >= 15 is 0 Å². The summed E-state index contributed by atoms with van der Waals surface area (Å²) in [5.74, 6) is 0.0757. The molecular weight excluding hydrogens is 560 g/mol. The van der Waals surface area contributed by atoms with E-state index in [4.69, 9.17) is 23.7 Å². The molecule has 0 unspecified atom stereocenters. The van der Waals surface area contributed by atoms with Crippen molar-refractivity contribution >= 4 is 17.9 Å². The quantitative estimate of drug-likeness (QED) is 0.0591. The van der Waals surface area contributed by atoms with Crippen LogP contribution in [0.2, 0.25) is 0 Å². The van der Waals surface area contributed by atoms with Gasteiger partial charge in [-0.3, -0.25) is 0 Å². The van der Waals surface area contributed by atoms with Gasteiger partial charge in [0.15, 0.2) is 11.5 Å². The van der Waals surface area contributed by atoms with E-state index in [9.17, 15) is 14.4 Å². The lowest BCUT2D eigenvalue weighted by Crippen LogP contribution is -2.11. The topological polar surface area (TPSA) is 97.4 Å². The fourth-order valence-corrected chi connectivity index (χ4v) is 4.36. The Hall–Kier alpha value is -4.59. The zero-order valence-corrected chi connectivity index (χ0v) is 25.7. The zero-order valence-electron chi connectivity index (χ0n) is 25.7. The van der Waals surface area contributed by atoms with Gasteiger partial charge in [0.25, 0.3) is 0 Å². The van der Waals surface area contributed by atoms with Crippen molar-refractivity contribution in [2.45, 2.75) is 64.7 Å². The molecule has 3 aromatic carbocycles. The molecule has 3 aromatic rings. The van der Waals surface area contributed by atoms with Gasteiger partial charge in [0.05, 0.1) is 31.5 Å². The predicted octanol–water partition coefficient (Wildman–Crippen LogP) is 7.92. The summed E-state index contributed by atoms with van der Waals surface area (Å²) in [4.78, 5) is 36.5. The lowest BCUT2D eigenvalue weighted by molar-refractivity contribution is -0.137. The van der Waals surface area contributed by atoms with Crippen molar-refractivity contribution in [3.8, 4) is 23.0 Å². The second kappa shape index (κ2) is 18.8. The Balaban J connectivity index is 1.45. The number of esters is 3. The molecule has 8 heteroatoms. The Morgan fingerprint density at radius 1 is 0.682 bits per heavy atom. The highest BCUT2D eigenvalue weighted by Crippen LogP contribution is 2.29. The first-order valence-corrected chi connectivity index (χ1v) is 15.2. The highest BCUT2D eigenvalue weighted by molar-refractivity contribution is 5.93. The minimum absolute atomic E-state index is 0.272. The summed E-state index contributed by atoms with van der Waals surface area (Å²) < 4.78 is 27.1. The number of ether oxygens (including phenoxy) is 5. The van der Waals surface area contributed by atoms with Crippen LogP contribution < -0.4 is 18.9 Å². The molecule has 0 aromatic heterocycles. The molecule has 8 nitrogen and oxygen atoms in total. The van der Waals surface area contributed by atoms with Gasteiger partial charge in [0, 0.05) is 6.08 Å². The van der Waals surface area contributed by atoms with Crippen molar-refractivity contribution < 1.29 is 38.1 Å². The maximum atomic E-state index is 12.8. The van der Waals surface area contributed by atoms with Gasteiger partial charge in [0.1, 0.15) is 11.5 Å². The number of carbonyl (C=O) groups is 3. The summed E-state index contributed by atoms with van der Waals surface area (Å²) in [6.07, 6.45) is 11.0. The van der Waals surface area contributed by atoms with Crippen molar-refractivity contribution in [1.82, 2.24) is 0 Å². The molecule has 0 saturated carbocycles. The third-order valence-electron chi connectivity index (χ3n) is 6.86. The van der Waals surface area contributed by atoms with Crippen molar-refractivity contribution in [2.24, 2.45) is 0 Å². The van der Waals surface area contributed by atoms with Crippen LogP contribution in [0.25, 0.3) is 0 Å². The molecule has 0 aliphatic heterocycles. The van der Waals surface area contributed by atoms with Gasteiger partial charge >= 0.3 is 17.9 Å². The second-order valence-electron chi connectivity index (χ2n) is 10.3. The third-order valence-corrected chi connectivity index (χ3v) is 6.86. The number of carbonyl (C=O) groups excluding carboxylic acids is 3. The molecule has 3 rings (SSSR count). The Bertz CT molecular complexity index is 1350. The summed E-state index contributed by atoms with van der Waals surface area (Å²) in [6.45, 7) is 6.24. The smallest absolute Gasteiger partial charge is 0.343 e. The first-order valence-electron chi connectivity index (χ1n) is 15.2. The molecule has 0 amide bonds. The van der Waals surface area contributed by atoms with E-state index in [1.54, 1.807) is 36.4 Å². The van der Waals surface area contributed by atoms with Gasteiger partial charge in [0.2, 0.25) is 0 Å². The van der Waals surface area contributed by atoms with Crippen LogP contribution in [0.3, 0.4) is 0 Å². The molecule has 0 radical (unpaired) electrons. The van der Waals surface area contributed by atoms with Crippen molar-refractivity contribution in [1.29, 1.82) is 0 Å². The van der Waals surface area contributed by atoms with E-state index in [0.29, 0.717) is 42.3 Å². The van der Waals surface area contributed by atoms with Crippen LogP contribution in [0, 0.1) is 0 Å². The standard InChI is InChI=1S/C36H42O8/c1-4-6-7-8-9-10-13-27-14-19-30(20-15-27)43-35(38)28-16-21-31(22-17-28)44-36(39)29-18-23-32(33(26-29)40-3)41-24-11-12-25-42-34(37)5-2/h5,14-23,26H,2,4,6-13,24-25H2,1,3H3. The maximum Gasteiger partial charge on any atom is 0.343 e. The van der Waals surface area contributed by atoms with Gasteiger partial charge in [-0.05, 0) is 85.8 Å². The van der Waals surface area contributed by atoms with E-state index in [1.807, 2.05) is 24.3 Å². The van der Waals surface area contributed by atoms with Crippen LogP contribution >= 0.6 is 0 Å². The van der Waals surface area contributed by atoms with E-state index in [0.717, 1.165) is 18.9 Å². The van der Waals surface area contributed by atoms with E-state index in [2.05, 4.69) is 13.5 Å². The van der Waals surface area contributed by atoms with E-state index < -0.39 is 17.9 Å². The Labute approximate surface area is 259 Å². The molecule has 0 spiro atoms. The summed E-state index contributed by atoms with van der Waals surface area (Å²) in [7, 11) is 1.48. The summed E-state index contributed by atoms with van der Waals surface area (Å²) in [6, 6.07) is 18.6. The van der Waals surface area contributed by atoms with Crippen LogP contribution in [0.4, 0.5) is 0 Å². The van der Waals surface area contributed by atoms with Gasteiger partial charge in [-0.1, -0.05) is 57.7 Å². The number of methoxy groups -OCH3 is 1. The van der Waals surface area contributed by atoms with Crippen molar-refractivity contribution in [3.05, 3.63) is 96.1 Å². The number of aryl methyl sites for hydroxylation is 1. The minimum atomic E-state index is -0.588. The van der Waals surface area contributed by atoms with Crippen LogP contribution in [-0.2, 0) is 16.0 Å². The summed E-state index contributed by atoms with van der Waals surface area (Å²) in [5, 5.41) is 0. The van der Waals surface area contributed by atoms with Gasteiger partial charge < -0.3 is 23.7 Å². The van der Waals surface area contributed by atoms with Crippen LogP contribution in [0.5, 0.6) is 23.0 Å². The molecule has 0 heterocycles. The maximum absolute atomic E-state index is 12.8. The molecule has 234 valence electrons. The normalized spacial score (nSPS) is 10.5. The van der Waals surface area contributed by atoms with Crippen molar-refractivity contribution in [3.63, 3.8) is 0 Å². The van der Waals surface area contributed by atoms with Crippen LogP contribution in [0.1, 0.15) is 84.6 Å². The minimum Gasteiger partial charge on any atom is -0.493 e. The highest BCUT2D eigenvalue weighted by atomic mass is 16.5. The molecule has 44 heavy (non-hydrogen) atoms. The average molecular weight is 603 g/mol. The summed E-state index contributed by atoms with van der Waals surface area (Å²) in [5.41, 5.74) is 1.84. The monoisotopic (exact) mass is 602 g/mol. The fraction of sp³-hybridized carbons (Fsp3) is 0.361. The van der Waals surface area contributed by atoms with Crippen LogP contribution in [-0.4, -0.2) is 38.2 Å². The second-order valence-corrected chi connectivity index (χ2v) is 10.3. The highest BCUT2D eigenvalue weighted by Gasteiger charge is 2.15. The van der Waals surface area contributed by atoms with Gasteiger partial charge in [-0.2, -0.15) is 0 Å². The average Bonchev–Trinajstić information content (AvgIpc) is 3.05. The first kappa shape index (κ1) is 33.9. The molecule has 0 fully saturated rings. The van der Waals surface area contributed by atoms with Gasteiger partial charge in [-0.15, -0.1) is 0 Å². The molecule has 0 saturated heterocycles. The Morgan fingerprint density at radius 3 is 1.93 bits per heavy atom. The zero-order chi connectivity index (χ0) is 31.6. The molecule has 0 atom stereocenters. The molecule has 0 bridgehead atoms. The fourth-order valence-electron chi connectivity index (χ4n) is 4.36. The molecule has 0 aliphatic carbocycles. The van der Waals surface area contributed by atoms with E-state index in [-0.39, 0.29) is 17.9 Å². The van der Waals surface area contributed by atoms with E-state index in [1.165, 1.54) is 50.8 Å². The third kappa shape index (κ3) is 11.6. The predicted molar refractivity (Wildman–Crippen MR) is 169 cm³/mol. The molecule has 0 N–H and O–H groups in total. The number of rotatable bonds is 19. The largest absolute Gasteiger partial charge is 0.493 e. The SMILES string of the molecule is C=CC(=O)OCCCCOc1ccc(C(=O)Oc2ccc(C(=O)Oc3ccc(CCCCCCCC)cc3)cc2)cc1OC. The number of unbranched alkanes of at least 4 members (excludes halogenated alkanes) is 6. The first-order chi connectivity index (χ1) is 21.4. The number of hydrogen-bond acceptors (Lipinski definition) is 8. The number of hydrogen-bond donors (Lipinski definition) is 0. The summed E-state index contributed by atoms with van der Waals surface area (Å²) >= 11 is 0. The van der Waals surface area contributed by atoms with Crippen LogP contribution in [0.15, 0.2) is 79.4 Å². The van der Waals surface area contributed by atoms with Gasteiger partial charge in [-0.25, -0.2) is 14.4 Å². The lowest BCUT2D eigenvalue weighted by atomic mass is 10.0.